The minimum atomic E-state index is -1.91. The molecule has 0 saturated carbocycles. The Hall–Kier alpha value is -3.62. The zero-order valence-electron chi connectivity index (χ0n) is 21.1. The second-order valence-corrected chi connectivity index (χ2v) is 8.72. The Morgan fingerprint density at radius 3 is 2.38 bits per heavy atom. The first-order chi connectivity index (χ1) is 17.4. The van der Waals surface area contributed by atoms with Crippen molar-refractivity contribution in [2.45, 2.75) is 63.7 Å². The molecule has 1 rings (SSSR count). The molecule has 0 radical (unpaired) electrons. The number of aromatic nitrogens is 1. The number of carboxylic acid groups (broad SMARTS) is 1. The van der Waals surface area contributed by atoms with Crippen LogP contribution in [0.1, 0.15) is 38.7 Å². The zero-order chi connectivity index (χ0) is 28.1. The van der Waals surface area contributed by atoms with Gasteiger partial charge in [0.15, 0.2) is 12.0 Å². The highest BCUT2D eigenvalue weighted by atomic mass is 16.4. The quantitative estimate of drug-likeness (QED) is 0.0701. The highest BCUT2D eigenvalue weighted by Crippen LogP contribution is 2.16. The van der Waals surface area contributed by atoms with Gasteiger partial charge in [0.1, 0.15) is 6.04 Å². The molecule has 0 aliphatic rings. The first-order valence-electron chi connectivity index (χ1n) is 11.9. The number of nitrogens with one attached hydrogen (secondary N) is 3. The van der Waals surface area contributed by atoms with E-state index in [1.165, 1.54) is 12.4 Å². The summed E-state index contributed by atoms with van der Waals surface area (Å²) in [7, 11) is 0. The summed E-state index contributed by atoms with van der Waals surface area (Å²) in [6.07, 6.45) is 4.00. The van der Waals surface area contributed by atoms with Crippen molar-refractivity contribution in [3.8, 4) is 0 Å². The molecule has 0 spiro atoms. The number of pyridine rings is 1. The Bertz CT molecular complexity index is 931. The number of imide groups is 1. The lowest BCUT2D eigenvalue weighted by Gasteiger charge is -2.34. The van der Waals surface area contributed by atoms with Crippen molar-refractivity contribution in [2.75, 3.05) is 13.2 Å². The van der Waals surface area contributed by atoms with Gasteiger partial charge in [0.2, 0.25) is 11.8 Å². The molecule has 37 heavy (non-hydrogen) atoms. The topological polar surface area (TPSA) is 251 Å². The van der Waals surface area contributed by atoms with Crippen LogP contribution in [0.5, 0.6) is 0 Å². The van der Waals surface area contributed by atoms with Crippen LogP contribution < -0.4 is 27.8 Å². The van der Waals surface area contributed by atoms with E-state index in [2.05, 4.69) is 15.6 Å². The molecular formula is C23H38N8O6. The van der Waals surface area contributed by atoms with Gasteiger partial charge in [-0.05, 0) is 36.8 Å². The fourth-order valence-corrected chi connectivity index (χ4v) is 3.49. The van der Waals surface area contributed by atoms with Gasteiger partial charge in [-0.1, -0.05) is 26.3 Å². The molecule has 11 N–H and O–H groups in total. The number of hydrogen-bond donors (Lipinski definition) is 8. The fraction of sp³-hybridized carbons (Fsp3) is 0.565. The normalized spacial score (nSPS) is 14.9. The van der Waals surface area contributed by atoms with E-state index in [1.807, 2.05) is 0 Å². The van der Waals surface area contributed by atoms with Crippen molar-refractivity contribution in [1.29, 1.82) is 5.41 Å². The van der Waals surface area contributed by atoms with Crippen LogP contribution in [0.15, 0.2) is 24.5 Å². The number of aliphatic hydroxyl groups excluding tert-OH is 1. The van der Waals surface area contributed by atoms with E-state index >= 15 is 0 Å². The van der Waals surface area contributed by atoms with Crippen molar-refractivity contribution in [1.82, 2.24) is 20.5 Å². The summed E-state index contributed by atoms with van der Waals surface area (Å²) >= 11 is 0. The highest BCUT2D eigenvalue weighted by Gasteiger charge is 2.42. The predicted octanol–water partition coefficient (Wildman–Crippen LogP) is -2.13. The van der Waals surface area contributed by atoms with Crippen molar-refractivity contribution in [3.63, 3.8) is 0 Å². The Kier molecular flexibility index (Phi) is 13.1. The van der Waals surface area contributed by atoms with Gasteiger partial charge < -0.3 is 38.0 Å². The third-order valence-electron chi connectivity index (χ3n) is 5.86. The summed E-state index contributed by atoms with van der Waals surface area (Å²) in [6, 6.07) is -2.24. The molecular weight excluding hydrogens is 484 g/mol. The van der Waals surface area contributed by atoms with Gasteiger partial charge in [-0.2, -0.15) is 0 Å². The summed E-state index contributed by atoms with van der Waals surface area (Å²) in [6.45, 7) is 2.68. The minimum Gasteiger partial charge on any atom is -0.480 e. The first kappa shape index (κ1) is 31.4. The SMILES string of the molecule is CC[C@H](C)[C@H](NC(=O)[C@H](N)CCCNC(=N)N)C(=O)N(C(=O)[C@@H](N)Cc1cccnc1)[C@@H](CO)C(=O)O. The molecule has 0 unspecified atom stereocenters. The molecule has 0 saturated heterocycles. The van der Waals surface area contributed by atoms with Gasteiger partial charge in [0.05, 0.1) is 18.7 Å². The number of aliphatic hydroxyl groups is 1. The molecule has 3 amide bonds. The van der Waals surface area contributed by atoms with E-state index in [0.717, 1.165) is 0 Å². The van der Waals surface area contributed by atoms with Crippen LogP contribution in [0, 0.1) is 11.3 Å². The molecule has 0 aliphatic heterocycles. The number of amides is 3. The average Bonchev–Trinajstić information content (AvgIpc) is 2.86. The Morgan fingerprint density at radius 1 is 1.19 bits per heavy atom. The van der Waals surface area contributed by atoms with E-state index in [-0.39, 0.29) is 18.8 Å². The van der Waals surface area contributed by atoms with Crippen LogP contribution in [0.3, 0.4) is 0 Å². The van der Waals surface area contributed by atoms with Gasteiger partial charge in [0.25, 0.3) is 5.91 Å². The monoisotopic (exact) mass is 522 g/mol. The zero-order valence-corrected chi connectivity index (χ0v) is 21.1. The molecule has 5 atom stereocenters. The first-order valence-corrected chi connectivity index (χ1v) is 11.9. The number of nitrogens with two attached hydrogens (primary N) is 3. The lowest BCUT2D eigenvalue weighted by Crippen LogP contribution is -2.62. The molecule has 1 heterocycles. The summed E-state index contributed by atoms with van der Waals surface area (Å²) in [5.74, 6) is -5.05. The number of carbonyl (C=O) groups excluding carboxylic acids is 3. The van der Waals surface area contributed by atoms with Crippen LogP contribution in [-0.4, -0.2) is 87.1 Å². The number of guanidine groups is 1. The molecule has 0 aliphatic carbocycles. The number of hydrogen-bond acceptors (Lipinski definition) is 9. The second kappa shape index (κ2) is 15.5. The Labute approximate surface area is 215 Å². The number of nitrogens with zero attached hydrogens (tertiary/aromatic N) is 2. The van der Waals surface area contributed by atoms with Gasteiger partial charge in [0, 0.05) is 18.9 Å². The largest absolute Gasteiger partial charge is 0.480 e. The van der Waals surface area contributed by atoms with Crippen LogP contribution in [0.4, 0.5) is 0 Å². The number of carboxylic acids is 1. The minimum absolute atomic E-state index is 0.0340. The van der Waals surface area contributed by atoms with E-state index in [4.69, 9.17) is 22.6 Å². The molecule has 14 heteroatoms. The standard InChI is InChI=1S/C23H38N8O6/c1-3-13(2)18(30-19(33)15(24)7-5-9-29-23(26)27)21(35)31(17(12-32)22(36)37)20(34)16(25)10-14-6-4-8-28-11-14/h4,6,8,11,13,15-18,32H,3,5,7,9-10,12,24-25H2,1-2H3,(H,30,33)(H,36,37)(H4,26,27,29)/t13-,15+,16-,17-,18-/m0/s1. The average molecular weight is 523 g/mol. The van der Waals surface area contributed by atoms with Crippen molar-refractivity contribution < 1.29 is 29.4 Å². The van der Waals surface area contributed by atoms with Gasteiger partial charge >= 0.3 is 5.97 Å². The van der Waals surface area contributed by atoms with Crippen LogP contribution in [-0.2, 0) is 25.6 Å². The molecule has 14 nitrogen and oxygen atoms in total. The van der Waals surface area contributed by atoms with E-state index in [9.17, 15) is 29.4 Å². The van der Waals surface area contributed by atoms with Gasteiger partial charge in [-0.3, -0.25) is 29.7 Å². The maximum absolute atomic E-state index is 13.6. The molecule has 0 fully saturated rings. The van der Waals surface area contributed by atoms with E-state index in [1.54, 1.807) is 26.0 Å². The third-order valence-corrected chi connectivity index (χ3v) is 5.86. The number of rotatable bonds is 15. The van der Waals surface area contributed by atoms with Gasteiger partial charge in [-0.25, -0.2) is 4.79 Å². The molecule has 1 aromatic rings. The van der Waals surface area contributed by atoms with E-state index < -0.39 is 60.4 Å². The van der Waals surface area contributed by atoms with Crippen LogP contribution >= 0.6 is 0 Å². The lowest BCUT2D eigenvalue weighted by molar-refractivity contribution is -0.162. The molecule has 0 bridgehead atoms. The molecule has 0 aromatic carbocycles. The smallest absolute Gasteiger partial charge is 0.329 e. The maximum atomic E-state index is 13.6. The third kappa shape index (κ3) is 9.74. The molecule has 1 aromatic heterocycles. The number of aliphatic carboxylic acids is 1. The summed E-state index contributed by atoms with van der Waals surface area (Å²) in [5, 5.41) is 31.6. The van der Waals surface area contributed by atoms with E-state index in [0.29, 0.717) is 29.8 Å². The Morgan fingerprint density at radius 2 is 1.86 bits per heavy atom. The van der Waals surface area contributed by atoms with Crippen molar-refractivity contribution in [3.05, 3.63) is 30.1 Å². The predicted molar refractivity (Wildman–Crippen MR) is 135 cm³/mol. The Balaban J connectivity index is 3.17. The maximum Gasteiger partial charge on any atom is 0.329 e. The van der Waals surface area contributed by atoms with Crippen molar-refractivity contribution >= 4 is 29.7 Å². The molecule has 206 valence electrons. The summed E-state index contributed by atoms with van der Waals surface area (Å²) < 4.78 is 0. The number of carbonyl (C=O) groups is 4. The fourth-order valence-electron chi connectivity index (χ4n) is 3.49. The summed E-state index contributed by atoms with van der Waals surface area (Å²) in [4.78, 5) is 55.9. The second-order valence-electron chi connectivity index (χ2n) is 8.72. The van der Waals surface area contributed by atoms with Crippen LogP contribution in [0.25, 0.3) is 0 Å². The van der Waals surface area contributed by atoms with Crippen molar-refractivity contribution in [2.24, 2.45) is 23.1 Å². The lowest BCUT2D eigenvalue weighted by atomic mass is 9.95. The van der Waals surface area contributed by atoms with Gasteiger partial charge in [-0.15, -0.1) is 0 Å². The highest BCUT2D eigenvalue weighted by molar-refractivity contribution is 6.04. The van der Waals surface area contributed by atoms with Crippen LogP contribution in [0.2, 0.25) is 0 Å². The summed E-state index contributed by atoms with van der Waals surface area (Å²) in [5.41, 5.74) is 17.8.